The van der Waals surface area contributed by atoms with E-state index in [9.17, 15) is 14.4 Å². The summed E-state index contributed by atoms with van der Waals surface area (Å²) in [6.07, 6.45) is 2.91. The molecule has 1 heterocycles. The molecule has 0 aliphatic heterocycles. The number of nitrogens with one attached hydrogen (secondary N) is 3. The molecule has 0 bridgehead atoms. The highest BCUT2D eigenvalue weighted by Crippen LogP contribution is 2.05. The van der Waals surface area contributed by atoms with Gasteiger partial charge in [0, 0.05) is 18.0 Å². The smallest absolute Gasteiger partial charge is 0.271 e. The molecule has 0 aliphatic carbocycles. The summed E-state index contributed by atoms with van der Waals surface area (Å²) in [7, 11) is 0. The number of hydrogen-bond acceptors (Lipinski definition) is 4. The van der Waals surface area contributed by atoms with Crippen molar-refractivity contribution in [2.24, 2.45) is 0 Å². The number of pyridine rings is 1. The van der Waals surface area contributed by atoms with Crippen molar-refractivity contribution < 1.29 is 14.4 Å². The van der Waals surface area contributed by atoms with Gasteiger partial charge >= 0.3 is 0 Å². The van der Waals surface area contributed by atoms with E-state index < -0.39 is 11.8 Å². The van der Waals surface area contributed by atoms with Crippen LogP contribution in [0.3, 0.4) is 0 Å². The Hall–Kier alpha value is -3.22. The molecular weight excluding hydrogens is 296 g/mol. The van der Waals surface area contributed by atoms with Gasteiger partial charge in [-0.2, -0.15) is 0 Å². The van der Waals surface area contributed by atoms with Gasteiger partial charge in [0.05, 0.1) is 12.1 Å². The number of aryl methyl sites for hydroxylation is 1. The molecule has 0 spiro atoms. The maximum Gasteiger partial charge on any atom is 0.271 e. The third-order valence-electron chi connectivity index (χ3n) is 3.04. The van der Waals surface area contributed by atoms with Crippen LogP contribution in [0, 0.1) is 6.92 Å². The van der Waals surface area contributed by atoms with Gasteiger partial charge in [-0.05, 0) is 30.7 Å². The van der Waals surface area contributed by atoms with Crippen LogP contribution in [0.2, 0.25) is 0 Å². The second-order valence-electron chi connectivity index (χ2n) is 4.74. The molecule has 1 aromatic carbocycles. The minimum absolute atomic E-state index is 0.250. The maximum atomic E-state index is 11.9. The number of hydrogen-bond donors (Lipinski definition) is 3. The van der Waals surface area contributed by atoms with E-state index in [1.54, 1.807) is 24.3 Å². The van der Waals surface area contributed by atoms with Gasteiger partial charge in [0.2, 0.25) is 0 Å². The van der Waals surface area contributed by atoms with Gasteiger partial charge in [0.25, 0.3) is 17.7 Å². The Morgan fingerprint density at radius 3 is 2.48 bits per heavy atom. The van der Waals surface area contributed by atoms with E-state index in [0.29, 0.717) is 11.1 Å². The van der Waals surface area contributed by atoms with Crippen LogP contribution in [0.5, 0.6) is 0 Å². The normalized spacial score (nSPS) is 9.78. The molecule has 3 N–H and O–H groups in total. The van der Waals surface area contributed by atoms with Crippen molar-refractivity contribution in [1.29, 1.82) is 0 Å². The predicted octanol–water partition coefficient (Wildman–Crippen LogP) is 0.581. The first-order chi connectivity index (χ1) is 11.1. The molecule has 0 radical (unpaired) electrons. The number of rotatable bonds is 4. The highest BCUT2D eigenvalue weighted by molar-refractivity contribution is 5.98. The Morgan fingerprint density at radius 1 is 1.00 bits per heavy atom. The second kappa shape index (κ2) is 7.69. The SMILES string of the molecule is Cc1ccccc1C(=O)NCC(=O)NNC(=O)c1cccnc1. The summed E-state index contributed by atoms with van der Waals surface area (Å²) in [6.45, 7) is 1.56. The van der Waals surface area contributed by atoms with Crippen molar-refractivity contribution in [3.05, 3.63) is 65.5 Å². The second-order valence-corrected chi connectivity index (χ2v) is 4.74. The lowest BCUT2D eigenvalue weighted by atomic mass is 10.1. The largest absolute Gasteiger partial charge is 0.343 e. The number of nitrogens with zero attached hydrogens (tertiary/aromatic N) is 1. The van der Waals surface area contributed by atoms with Crippen LogP contribution in [0.1, 0.15) is 26.3 Å². The first-order valence-electron chi connectivity index (χ1n) is 6.91. The molecule has 2 rings (SSSR count). The minimum Gasteiger partial charge on any atom is -0.343 e. The monoisotopic (exact) mass is 312 g/mol. The summed E-state index contributed by atoms with van der Waals surface area (Å²) in [5.41, 5.74) is 6.10. The van der Waals surface area contributed by atoms with Crippen LogP contribution in [0.15, 0.2) is 48.8 Å². The summed E-state index contributed by atoms with van der Waals surface area (Å²) in [5, 5.41) is 2.49. The number of carbonyl (C=O) groups excluding carboxylic acids is 3. The Morgan fingerprint density at radius 2 is 1.78 bits per heavy atom. The predicted molar refractivity (Wildman–Crippen MR) is 83.4 cm³/mol. The molecule has 0 saturated heterocycles. The highest BCUT2D eigenvalue weighted by atomic mass is 16.2. The standard InChI is InChI=1S/C16H16N4O3/c1-11-5-2-3-7-13(11)16(23)18-10-14(21)19-20-15(22)12-6-4-8-17-9-12/h2-9H,10H2,1H3,(H,18,23)(H,19,21)(H,20,22). The van der Waals surface area contributed by atoms with Gasteiger partial charge in [0.1, 0.15) is 0 Å². The lowest BCUT2D eigenvalue weighted by Crippen LogP contribution is -2.46. The summed E-state index contributed by atoms with van der Waals surface area (Å²) < 4.78 is 0. The number of aromatic nitrogens is 1. The van der Waals surface area contributed by atoms with Crippen molar-refractivity contribution in [2.45, 2.75) is 6.92 Å². The molecular formula is C16H16N4O3. The minimum atomic E-state index is -0.538. The van der Waals surface area contributed by atoms with Gasteiger partial charge in [-0.15, -0.1) is 0 Å². The molecule has 0 aliphatic rings. The maximum absolute atomic E-state index is 11.9. The van der Waals surface area contributed by atoms with E-state index in [-0.39, 0.29) is 12.5 Å². The lowest BCUT2D eigenvalue weighted by Gasteiger charge is -2.09. The third kappa shape index (κ3) is 4.63. The van der Waals surface area contributed by atoms with E-state index in [4.69, 9.17) is 0 Å². The van der Waals surface area contributed by atoms with Crippen LogP contribution in [0.4, 0.5) is 0 Å². The molecule has 3 amide bonds. The number of hydrazine groups is 1. The van der Waals surface area contributed by atoms with E-state index in [1.807, 2.05) is 19.1 Å². The fourth-order valence-corrected chi connectivity index (χ4v) is 1.82. The summed E-state index contributed by atoms with van der Waals surface area (Å²) >= 11 is 0. The Kier molecular flexibility index (Phi) is 5.40. The van der Waals surface area contributed by atoms with Crippen molar-refractivity contribution in [3.8, 4) is 0 Å². The van der Waals surface area contributed by atoms with Gasteiger partial charge in [0.15, 0.2) is 0 Å². The molecule has 2 aromatic rings. The number of amides is 3. The zero-order valence-corrected chi connectivity index (χ0v) is 12.5. The average Bonchev–Trinajstić information content (AvgIpc) is 2.58. The molecule has 118 valence electrons. The zero-order valence-electron chi connectivity index (χ0n) is 12.5. The van der Waals surface area contributed by atoms with E-state index >= 15 is 0 Å². The summed E-state index contributed by atoms with van der Waals surface area (Å²) in [5.74, 6) is -1.38. The fourth-order valence-electron chi connectivity index (χ4n) is 1.82. The Balaban J connectivity index is 1.78. The quantitative estimate of drug-likeness (QED) is 0.719. The highest BCUT2D eigenvalue weighted by Gasteiger charge is 2.11. The van der Waals surface area contributed by atoms with Crippen molar-refractivity contribution in [3.63, 3.8) is 0 Å². The summed E-state index contributed by atoms with van der Waals surface area (Å²) in [4.78, 5) is 39.1. The van der Waals surface area contributed by atoms with E-state index in [2.05, 4.69) is 21.2 Å². The molecule has 0 saturated carbocycles. The molecule has 0 atom stereocenters. The molecule has 7 heteroatoms. The first kappa shape index (κ1) is 16.2. The Bertz CT molecular complexity index is 716. The molecule has 23 heavy (non-hydrogen) atoms. The van der Waals surface area contributed by atoms with Crippen LogP contribution >= 0.6 is 0 Å². The Labute approximate surface area is 133 Å². The van der Waals surface area contributed by atoms with Crippen LogP contribution < -0.4 is 16.2 Å². The number of benzene rings is 1. The average molecular weight is 312 g/mol. The number of carbonyl (C=O) groups is 3. The van der Waals surface area contributed by atoms with Crippen LogP contribution in [-0.4, -0.2) is 29.3 Å². The van der Waals surface area contributed by atoms with Gasteiger partial charge < -0.3 is 5.32 Å². The lowest BCUT2D eigenvalue weighted by molar-refractivity contribution is -0.120. The first-order valence-corrected chi connectivity index (χ1v) is 6.91. The van der Waals surface area contributed by atoms with Gasteiger partial charge in [-0.3, -0.25) is 30.2 Å². The van der Waals surface area contributed by atoms with E-state index in [1.165, 1.54) is 12.4 Å². The van der Waals surface area contributed by atoms with E-state index in [0.717, 1.165) is 5.56 Å². The van der Waals surface area contributed by atoms with Crippen molar-refractivity contribution >= 4 is 17.7 Å². The zero-order chi connectivity index (χ0) is 16.7. The molecule has 0 fully saturated rings. The van der Waals surface area contributed by atoms with Crippen LogP contribution in [-0.2, 0) is 4.79 Å². The molecule has 7 nitrogen and oxygen atoms in total. The molecule has 0 unspecified atom stereocenters. The van der Waals surface area contributed by atoms with Crippen LogP contribution in [0.25, 0.3) is 0 Å². The summed E-state index contributed by atoms with van der Waals surface area (Å²) in [6, 6.07) is 10.2. The topological polar surface area (TPSA) is 100 Å². The molecule has 1 aromatic heterocycles. The fraction of sp³-hybridized carbons (Fsp3) is 0.125. The van der Waals surface area contributed by atoms with Gasteiger partial charge in [-0.25, -0.2) is 0 Å². The third-order valence-corrected chi connectivity index (χ3v) is 3.04. The van der Waals surface area contributed by atoms with Crippen molar-refractivity contribution in [2.75, 3.05) is 6.54 Å². The van der Waals surface area contributed by atoms with Crippen molar-refractivity contribution in [1.82, 2.24) is 21.2 Å². The van der Waals surface area contributed by atoms with Gasteiger partial charge in [-0.1, -0.05) is 18.2 Å².